The first-order valence-electron chi connectivity index (χ1n) is 5.76. The summed E-state index contributed by atoms with van der Waals surface area (Å²) in [4.78, 5) is 0. The van der Waals surface area contributed by atoms with Gasteiger partial charge in [-0.15, -0.1) is 0 Å². The summed E-state index contributed by atoms with van der Waals surface area (Å²) in [5.41, 5.74) is 0. The lowest BCUT2D eigenvalue weighted by molar-refractivity contribution is 0.511. The zero-order valence-corrected chi connectivity index (χ0v) is 10.9. The van der Waals surface area contributed by atoms with Crippen molar-refractivity contribution in [2.45, 2.75) is 46.1 Å². The standard InChI is InChI=1S/C10H24N2O2S/c1-4-7-10(5-2)12-15(13,14)9-8-11-6-3/h10-12H,4-9H2,1-3H3. The first-order chi connectivity index (χ1) is 7.05. The quantitative estimate of drug-likeness (QED) is 0.589. The third kappa shape index (κ3) is 7.76. The molecule has 15 heavy (non-hydrogen) atoms. The molecule has 0 aromatic heterocycles. The van der Waals surface area contributed by atoms with E-state index in [0.717, 1.165) is 25.8 Å². The molecule has 0 aromatic rings. The minimum Gasteiger partial charge on any atom is -0.316 e. The molecule has 0 aromatic carbocycles. The van der Waals surface area contributed by atoms with Crippen LogP contribution in [0.25, 0.3) is 0 Å². The summed E-state index contributed by atoms with van der Waals surface area (Å²) in [5.74, 6) is 0.168. The molecule has 0 spiro atoms. The van der Waals surface area contributed by atoms with Crippen molar-refractivity contribution in [1.82, 2.24) is 10.0 Å². The van der Waals surface area contributed by atoms with Crippen LogP contribution in [0.1, 0.15) is 40.0 Å². The third-order valence-corrected chi connectivity index (χ3v) is 3.71. The Morgan fingerprint density at radius 2 is 1.87 bits per heavy atom. The Kier molecular flexibility index (Phi) is 8.00. The van der Waals surface area contributed by atoms with Crippen LogP contribution in [-0.2, 0) is 10.0 Å². The van der Waals surface area contributed by atoms with Crippen LogP contribution in [0, 0.1) is 0 Å². The SMILES string of the molecule is CCCC(CC)NS(=O)(=O)CCNCC. The number of rotatable bonds is 9. The molecule has 0 saturated heterocycles. The first kappa shape index (κ1) is 14.9. The number of sulfonamides is 1. The maximum atomic E-state index is 11.6. The molecule has 0 radical (unpaired) electrons. The van der Waals surface area contributed by atoms with Crippen molar-refractivity contribution in [3.05, 3.63) is 0 Å². The van der Waals surface area contributed by atoms with Crippen LogP contribution in [0.3, 0.4) is 0 Å². The lowest BCUT2D eigenvalue weighted by atomic mass is 10.1. The molecule has 0 saturated carbocycles. The summed E-state index contributed by atoms with van der Waals surface area (Å²) in [6, 6.07) is 0.0987. The normalized spacial score (nSPS) is 14.1. The molecule has 0 amide bonds. The average molecular weight is 236 g/mol. The highest BCUT2D eigenvalue weighted by molar-refractivity contribution is 7.89. The molecule has 4 nitrogen and oxygen atoms in total. The van der Waals surface area contributed by atoms with Crippen LogP contribution in [-0.4, -0.2) is 33.3 Å². The summed E-state index contributed by atoms with van der Waals surface area (Å²) in [6.45, 7) is 7.37. The van der Waals surface area contributed by atoms with Gasteiger partial charge in [-0.25, -0.2) is 13.1 Å². The highest BCUT2D eigenvalue weighted by Gasteiger charge is 2.14. The lowest BCUT2D eigenvalue weighted by Gasteiger charge is -2.16. The largest absolute Gasteiger partial charge is 0.316 e. The van der Waals surface area contributed by atoms with Gasteiger partial charge in [0.1, 0.15) is 0 Å². The predicted octanol–water partition coefficient (Wildman–Crippen LogP) is 1.09. The van der Waals surface area contributed by atoms with Crippen LogP contribution in [0.5, 0.6) is 0 Å². The van der Waals surface area contributed by atoms with Crippen LogP contribution in [0.4, 0.5) is 0 Å². The molecule has 0 aliphatic heterocycles. The Morgan fingerprint density at radius 3 is 2.33 bits per heavy atom. The molecule has 5 heteroatoms. The van der Waals surface area contributed by atoms with Crippen LogP contribution < -0.4 is 10.0 Å². The average Bonchev–Trinajstić information content (AvgIpc) is 2.17. The van der Waals surface area contributed by atoms with Crippen LogP contribution >= 0.6 is 0 Å². The number of hydrogen-bond donors (Lipinski definition) is 2. The van der Waals surface area contributed by atoms with E-state index in [1.54, 1.807) is 0 Å². The predicted molar refractivity (Wildman–Crippen MR) is 64.5 cm³/mol. The highest BCUT2D eigenvalue weighted by atomic mass is 32.2. The van der Waals surface area contributed by atoms with Gasteiger partial charge in [0.15, 0.2) is 0 Å². The zero-order valence-electron chi connectivity index (χ0n) is 10.0. The fourth-order valence-corrected chi connectivity index (χ4v) is 2.71. The van der Waals surface area contributed by atoms with Crippen LogP contribution in [0.15, 0.2) is 0 Å². The minimum atomic E-state index is -3.10. The van der Waals surface area contributed by atoms with E-state index in [0.29, 0.717) is 6.54 Å². The molecule has 0 heterocycles. The number of nitrogens with one attached hydrogen (secondary N) is 2. The van der Waals surface area contributed by atoms with Gasteiger partial charge in [0.2, 0.25) is 10.0 Å². The fourth-order valence-electron chi connectivity index (χ4n) is 1.39. The molecule has 0 fully saturated rings. The molecule has 0 bridgehead atoms. The summed E-state index contributed by atoms with van der Waals surface area (Å²) in [7, 11) is -3.10. The maximum absolute atomic E-state index is 11.6. The van der Waals surface area contributed by atoms with Crippen molar-refractivity contribution >= 4 is 10.0 Å². The van der Waals surface area contributed by atoms with Crippen molar-refractivity contribution < 1.29 is 8.42 Å². The summed E-state index contributed by atoms with van der Waals surface area (Å²) in [5, 5.41) is 3.01. The maximum Gasteiger partial charge on any atom is 0.213 e. The summed E-state index contributed by atoms with van der Waals surface area (Å²) < 4.78 is 25.9. The zero-order chi connectivity index (χ0) is 11.7. The number of hydrogen-bond acceptors (Lipinski definition) is 3. The van der Waals surface area contributed by atoms with Crippen molar-refractivity contribution in [2.24, 2.45) is 0 Å². The van der Waals surface area contributed by atoms with E-state index >= 15 is 0 Å². The van der Waals surface area contributed by atoms with Gasteiger partial charge in [0.25, 0.3) is 0 Å². The van der Waals surface area contributed by atoms with Crippen molar-refractivity contribution in [2.75, 3.05) is 18.8 Å². The van der Waals surface area contributed by atoms with Crippen molar-refractivity contribution in [1.29, 1.82) is 0 Å². The second kappa shape index (κ2) is 8.07. The monoisotopic (exact) mass is 236 g/mol. The molecule has 0 rings (SSSR count). The molecular weight excluding hydrogens is 212 g/mol. The van der Waals surface area contributed by atoms with Gasteiger partial charge in [0, 0.05) is 12.6 Å². The Labute approximate surface area is 93.9 Å². The van der Waals surface area contributed by atoms with E-state index in [9.17, 15) is 8.42 Å². The van der Waals surface area contributed by atoms with Crippen LogP contribution in [0.2, 0.25) is 0 Å². The van der Waals surface area contributed by atoms with E-state index < -0.39 is 10.0 Å². The smallest absolute Gasteiger partial charge is 0.213 e. The van der Waals surface area contributed by atoms with E-state index in [2.05, 4.69) is 17.0 Å². The lowest BCUT2D eigenvalue weighted by Crippen LogP contribution is -2.38. The molecular formula is C10H24N2O2S. The highest BCUT2D eigenvalue weighted by Crippen LogP contribution is 2.02. The molecule has 0 aliphatic rings. The minimum absolute atomic E-state index is 0.0987. The Hall–Kier alpha value is -0.130. The van der Waals surface area contributed by atoms with Gasteiger partial charge < -0.3 is 5.32 Å². The van der Waals surface area contributed by atoms with E-state index in [1.807, 2.05) is 13.8 Å². The Balaban J connectivity index is 3.99. The fraction of sp³-hybridized carbons (Fsp3) is 1.00. The summed E-state index contributed by atoms with van der Waals surface area (Å²) >= 11 is 0. The molecule has 1 unspecified atom stereocenters. The van der Waals surface area contributed by atoms with Gasteiger partial charge in [0.05, 0.1) is 5.75 Å². The molecule has 1 atom stereocenters. The first-order valence-corrected chi connectivity index (χ1v) is 7.41. The Morgan fingerprint density at radius 1 is 1.20 bits per heavy atom. The Bertz CT molecular complexity index is 240. The third-order valence-electron chi connectivity index (χ3n) is 2.27. The molecule has 92 valence electrons. The van der Waals surface area contributed by atoms with E-state index in [-0.39, 0.29) is 11.8 Å². The van der Waals surface area contributed by atoms with E-state index in [4.69, 9.17) is 0 Å². The van der Waals surface area contributed by atoms with Gasteiger partial charge in [-0.2, -0.15) is 0 Å². The van der Waals surface area contributed by atoms with Gasteiger partial charge in [-0.05, 0) is 19.4 Å². The van der Waals surface area contributed by atoms with Crippen molar-refractivity contribution in [3.8, 4) is 0 Å². The molecule has 0 aliphatic carbocycles. The second-order valence-corrected chi connectivity index (χ2v) is 5.56. The van der Waals surface area contributed by atoms with Gasteiger partial charge >= 0.3 is 0 Å². The van der Waals surface area contributed by atoms with E-state index in [1.165, 1.54) is 0 Å². The van der Waals surface area contributed by atoms with Gasteiger partial charge in [-0.3, -0.25) is 0 Å². The summed E-state index contributed by atoms with van der Waals surface area (Å²) in [6.07, 6.45) is 2.78. The topological polar surface area (TPSA) is 58.2 Å². The van der Waals surface area contributed by atoms with Gasteiger partial charge in [-0.1, -0.05) is 27.2 Å². The van der Waals surface area contributed by atoms with Crippen molar-refractivity contribution in [3.63, 3.8) is 0 Å². The molecule has 2 N–H and O–H groups in total. The second-order valence-electron chi connectivity index (χ2n) is 3.68.